The van der Waals surface area contributed by atoms with Gasteiger partial charge >= 0.3 is 0 Å². The molecule has 0 aliphatic heterocycles. The molecule has 2 aromatic heterocycles. The van der Waals surface area contributed by atoms with E-state index in [0.717, 1.165) is 10.6 Å². The van der Waals surface area contributed by atoms with Gasteiger partial charge in [0, 0.05) is 18.9 Å². The molecule has 0 atom stereocenters. The zero-order chi connectivity index (χ0) is 10.7. The van der Waals surface area contributed by atoms with Gasteiger partial charge in [-0.2, -0.15) is 0 Å². The van der Waals surface area contributed by atoms with Crippen LogP contribution in [-0.4, -0.2) is 10.4 Å². The van der Waals surface area contributed by atoms with Crippen LogP contribution in [0.3, 0.4) is 0 Å². The van der Waals surface area contributed by atoms with Crippen LogP contribution in [0.15, 0.2) is 41.9 Å². The topological polar surface area (TPSA) is 22.0 Å². The molecule has 2 heterocycles. The molecule has 76 valence electrons. The summed E-state index contributed by atoms with van der Waals surface area (Å²) in [6, 6.07) is 7.64. The molecule has 0 saturated heterocycles. The summed E-state index contributed by atoms with van der Waals surface area (Å²) in [4.78, 5) is 12.4. The zero-order valence-electron chi connectivity index (χ0n) is 8.38. The Morgan fingerprint density at radius 2 is 2.27 bits per heavy atom. The Morgan fingerprint density at radius 3 is 2.87 bits per heavy atom. The van der Waals surface area contributed by atoms with Crippen molar-refractivity contribution in [2.45, 2.75) is 0 Å². The Labute approximate surface area is 92.5 Å². The average Bonchev–Trinajstić information content (AvgIpc) is 2.85. The van der Waals surface area contributed by atoms with Gasteiger partial charge in [-0.05, 0) is 35.7 Å². The van der Waals surface area contributed by atoms with Crippen LogP contribution in [0.5, 0.6) is 0 Å². The highest BCUT2D eigenvalue weighted by Crippen LogP contribution is 2.11. The lowest BCUT2D eigenvalue weighted by Crippen LogP contribution is -1.91. The number of nitrogens with zero attached hydrogens (tertiary/aromatic N) is 1. The Morgan fingerprint density at radius 1 is 1.40 bits per heavy atom. The van der Waals surface area contributed by atoms with E-state index >= 15 is 0 Å². The minimum Gasteiger partial charge on any atom is -0.351 e. The van der Waals surface area contributed by atoms with Crippen LogP contribution < -0.4 is 0 Å². The summed E-state index contributed by atoms with van der Waals surface area (Å²) >= 11 is 1.46. The van der Waals surface area contributed by atoms with E-state index in [4.69, 9.17) is 0 Å². The van der Waals surface area contributed by atoms with Crippen LogP contribution in [0.2, 0.25) is 0 Å². The van der Waals surface area contributed by atoms with E-state index in [0.29, 0.717) is 0 Å². The molecule has 0 radical (unpaired) electrons. The van der Waals surface area contributed by atoms with E-state index in [1.165, 1.54) is 11.3 Å². The quantitative estimate of drug-likeness (QED) is 0.572. The first-order chi connectivity index (χ1) is 7.27. The number of carbonyl (C=O) groups excluding carboxylic acids is 1. The largest absolute Gasteiger partial charge is 0.351 e. The maximum Gasteiger partial charge on any atom is 0.195 e. The Bertz CT molecular complexity index is 479. The Balaban J connectivity index is 2.13. The summed E-state index contributed by atoms with van der Waals surface area (Å²) in [5, 5.41) is 1.91. The second-order valence-electron chi connectivity index (χ2n) is 3.22. The summed E-state index contributed by atoms with van der Waals surface area (Å²) in [6.07, 6.45) is 5.40. The molecule has 0 amide bonds. The number of aromatic nitrogens is 1. The molecule has 0 aromatic carbocycles. The summed E-state index contributed by atoms with van der Waals surface area (Å²) < 4.78 is 1.97. The minimum absolute atomic E-state index is 0.0613. The van der Waals surface area contributed by atoms with Crippen LogP contribution in [0.4, 0.5) is 0 Å². The predicted molar refractivity (Wildman–Crippen MR) is 63.1 cm³/mol. The van der Waals surface area contributed by atoms with Gasteiger partial charge < -0.3 is 4.57 Å². The SMILES string of the molecule is Cn1cccc1C=CC(=O)c1cccs1. The summed E-state index contributed by atoms with van der Waals surface area (Å²) in [6.45, 7) is 0. The normalized spacial score (nSPS) is 11.0. The van der Waals surface area contributed by atoms with E-state index in [-0.39, 0.29) is 5.78 Å². The first kappa shape index (κ1) is 9.93. The molecule has 3 heteroatoms. The monoisotopic (exact) mass is 217 g/mol. The van der Waals surface area contributed by atoms with Gasteiger partial charge in [0.2, 0.25) is 0 Å². The van der Waals surface area contributed by atoms with Crippen molar-refractivity contribution in [1.82, 2.24) is 4.57 Å². The van der Waals surface area contributed by atoms with Gasteiger partial charge in [0.15, 0.2) is 5.78 Å². The minimum atomic E-state index is 0.0613. The van der Waals surface area contributed by atoms with Crippen molar-refractivity contribution in [2.75, 3.05) is 0 Å². The number of hydrogen-bond donors (Lipinski definition) is 0. The summed E-state index contributed by atoms with van der Waals surface area (Å²) in [5.41, 5.74) is 1.03. The van der Waals surface area contributed by atoms with Gasteiger partial charge in [0.05, 0.1) is 4.88 Å². The van der Waals surface area contributed by atoms with E-state index < -0.39 is 0 Å². The van der Waals surface area contributed by atoms with E-state index in [1.807, 2.05) is 53.5 Å². The third-order valence-corrected chi connectivity index (χ3v) is 3.04. The van der Waals surface area contributed by atoms with Crippen LogP contribution in [0, 0.1) is 0 Å². The smallest absolute Gasteiger partial charge is 0.195 e. The molecule has 0 aliphatic carbocycles. The highest BCUT2D eigenvalue weighted by Gasteiger charge is 2.01. The number of aryl methyl sites for hydroxylation is 1. The van der Waals surface area contributed by atoms with Gasteiger partial charge in [-0.25, -0.2) is 0 Å². The van der Waals surface area contributed by atoms with E-state index in [1.54, 1.807) is 6.08 Å². The molecule has 0 fully saturated rings. The maximum absolute atomic E-state index is 11.6. The lowest BCUT2D eigenvalue weighted by Gasteiger charge is -1.94. The molecule has 0 saturated carbocycles. The van der Waals surface area contributed by atoms with Crippen molar-refractivity contribution in [2.24, 2.45) is 7.05 Å². The zero-order valence-corrected chi connectivity index (χ0v) is 9.20. The molecule has 15 heavy (non-hydrogen) atoms. The lowest BCUT2D eigenvalue weighted by molar-refractivity contribution is 0.105. The van der Waals surface area contributed by atoms with Crippen molar-refractivity contribution in [1.29, 1.82) is 0 Å². The van der Waals surface area contributed by atoms with Crippen LogP contribution in [-0.2, 0) is 7.05 Å². The number of allylic oxidation sites excluding steroid dienone is 1. The van der Waals surface area contributed by atoms with Crippen molar-refractivity contribution >= 4 is 23.2 Å². The van der Waals surface area contributed by atoms with Crippen molar-refractivity contribution in [3.63, 3.8) is 0 Å². The number of hydrogen-bond acceptors (Lipinski definition) is 2. The lowest BCUT2D eigenvalue weighted by atomic mass is 10.2. The molecule has 0 aliphatic rings. The summed E-state index contributed by atoms with van der Waals surface area (Å²) in [5.74, 6) is 0.0613. The second kappa shape index (κ2) is 4.28. The third-order valence-electron chi connectivity index (χ3n) is 2.15. The molecule has 2 nitrogen and oxygen atoms in total. The van der Waals surface area contributed by atoms with Crippen LogP contribution in [0.25, 0.3) is 6.08 Å². The fourth-order valence-corrected chi connectivity index (χ4v) is 1.95. The number of thiophene rings is 1. The average molecular weight is 217 g/mol. The van der Waals surface area contributed by atoms with Gasteiger partial charge in [-0.1, -0.05) is 6.07 Å². The third kappa shape index (κ3) is 2.25. The molecule has 2 rings (SSSR count). The molecule has 0 bridgehead atoms. The Hall–Kier alpha value is -1.61. The van der Waals surface area contributed by atoms with E-state index in [9.17, 15) is 4.79 Å². The van der Waals surface area contributed by atoms with Crippen molar-refractivity contribution in [3.05, 3.63) is 52.5 Å². The van der Waals surface area contributed by atoms with Gasteiger partial charge in [0.1, 0.15) is 0 Å². The summed E-state index contributed by atoms with van der Waals surface area (Å²) in [7, 11) is 1.95. The first-order valence-corrected chi connectivity index (χ1v) is 5.52. The second-order valence-corrected chi connectivity index (χ2v) is 4.17. The number of carbonyl (C=O) groups is 1. The molecule has 0 spiro atoms. The van der Waals surface area contributed by atoms with E-state index in [2.05, 4.69) is 0 Å². The fraction of sp³-hybridized carbons (Fsp3) is 0.0833. The molecular weight excluding hydrogens is 206 g/mol. The maximum atomic E-state index is 11.6. The highest BCUT2D eigenvalue weighted by molar-refractivity contribution is 7.12. The van der Waals surface area contributed by atoms with Gasteiger partial charge in [-0.3, -0.25) is 4.79 Å². The predicted octanol–water partition coefficient (Wildman–Crippen LogP) is 2.98. The van der Waals surface area contributed by atoms with Crippen molar-refractivity contribution < 1.29 is 4.79 Å². The molecular formula is C12H11NOS. The highest BCUT2D eigenvalue weighted by atomic mass is 32.1. The van der Waals surface area contributed by atoms with Gasteiger partial charge in [0.25, 0.3) is 0 Å². The number of rotatable bonds is 3. The van der Waals surface area contributed by atoms with Gasteiger partial charge in [-0.15, -0.1) is 11.3 Å². The van der Waals surface area contributed by atoms with Crippen molar-refractivity contribution in [3.8, 4) is 0 Å². The standard InChI is InChI=1S/C12H11NOS/c1-13-8-2-4-10(13)6-7-11(14)12-5-3-9-15-12/h2-9H,1H3. The molecule has 0 N–H and O–H groups in total. The molecule has 2 aromatic rings. The molecule has 0 unspecified atom stereocenters. The fourth-order valence-electron chi connectivity index (χ4n) is 1.31. The first-order valence-electron chi connectivity index (χ1n) is 4.64. The van der Waals surface area contributed by atoms with Crippen LogP contribution in [0.1, 0.15) is 15.4 Å². The Kier molecular flexibility index (Phi) is 2.83. The number of ketones is 1. The van der Waals surface area contributed by atoms with Crippen LogP contribution >= 0.6 is 11.3 Å².